The Morgan fingerprint density at radius 2 is 1.17 bits per heavy atom. The van der Waals surface area contributed by atoms with Crippen LogP contribution in [0.25, 0.3) is 0 Å². The average molecular weight is 512 g/mol. The molecule has 0 radical (unpaired) electrons. The summed E-state index contributed by atoms with van der Waals surface area (Å²) in [4.78, 5) is 3.34. The number of rotatable bonds is 1. The second-order valence-corrected chi connectivity index (χ2v) is 16.8. The topological polar surface area (TPSA) is 12.5 Å². The summed E-state index contributed by atoms with van der Waals surface area (Å²) in [6, 6.07) is 2.67. The maximum atomic E-state index is 6.81. The maximum Gasteiger partial charge on any atom is 0.0621 e. The standard InChI is InChI=1S/C33H53NOS/c1-33(2)23-12-4-6-14-25(23)34(26-15-7-5-13-24(26)33)27-16-9-11-20-21-18-19-29-30(32(21)36-31(20)27)22-10-3-8-17-28(22)35-29/h20-32H,3-19H2,1-2H3. The van der Waals surface area contributed by atoms with Crippen molar-refractivity contribution in [3.05, 3.63) is 0 Å². The fourth-order valence-electron chi connectivity index (χ4n) is 12.5. The molecule has 8 rings (SSSR count). The van der Waals surface area contributed by atoms with Crippen LogP contribution in [0.5, 0.6) is 0 Å². The molecule has 0 N–H and O–H groups in total. The summed E-state index contributed by atoms with van der Waals surface area (Å²) >= 11 is 2.57. The van der Waals surface area contributed by atoms with E-state index in [9.17, 15) is 0 Å². The van der Waals surface area contributed by atoms with Crippen LogP contribution in [-0.4, -0.2) is 45.7 Å². The Balaban J connectivity index is 1.12. The first-order valence-electron chi connectivity index (χ1n) is 16.7. The van der Waals surface area contributed by atoms with Crippen molar-refractivity contribution in [1.82, 2.24) is 4.90 Å². The molecular weight excluding hydrogens is 458 g/mol. The molecule has 0 spiro atoms. The Morgan fingerprint density at radius 1 is 0.556 bits per heavy atom. The minimum Gasteiger partial charge on any atom is -0.374 e. The summed E-state index contributed by atoms with van der Waals surface area (Å²) in [5.41, 5.74) is 0.557. The highest BCUT2D eigenvalue weighted by molar-refractivity contribution is 8.00. The smallest absolute Gasteiger partial charge is 0.0621 e. The molecule has 8 fully saturated rings. The van der Waals surface area contributed by atoms with Crippen LogP contribution in [0.3, 0.4) is 0 Å². The summed E-state index contributed by atoms with van der Waals surface area (Å²) in [5.74, 6) is 5.74. The lowest BCUT2D eigenvalue weighted by Gasteiger charge is -2.64. The van der Waals surface area contributed by atoms with E-state index >= 15 is 0 Å². The van der Waals surface area contributed by atoms with E-state index in [0.29, 0.717) is 17.6 Å². The summed E-state index contributed by atoms with van der Waals surface area (Å²) in [6.45, 7) is 5.42. The zero-order valence-electron chi connectivity index (χ0n) is 23.3. The predicted octanol–water partition coefficient (Wildman–Crippen LogP) is 8.08. The molecule has 2 nitrogen and oxygen atoms in total. The average Bonchev–Trinajstić information content (AvgIpc) is 3.48. The van der Waals surface area contributed by atoms with Gasteiger partial charge in [-0.05, 0) is 99.2 Å². The number of fused-ring (bicyclic) bond motifs is 9. The largest absolute Gasteiger partial charge is 0.374 e. The van der Waals surface area contributed by atoms with Crippen LogP contribution >= 0.6 is 11.8 Å². The van der Waals surface area contributed by atoms with Crippen molar-refractivity contribution in [2.75, 3.05) is 0 Å². The van der Waals surface area contributed by atoms with Crippen LogP contribution in [-0.2, 0) is 4.74 Å². The second kappa shape index (κ2) is 9.15. The Hall–Kier alpha value is 0.270. The van der Waals surface area contributed by atoms with Crippen LogP contribution in [0, 0.1) is 40.9 Å². The number of likely N-dealkylation sites (tertiary alicyclic amines) is 1. The van der Waals surface area contributed by atoms with Crippen molar-refractivity contribution in [2.45, 2.75) is 164 Å². The highest BCUT2D eigenvalue weighted by Gasteiger charge is 2.62. The van der Waals surface area contributed by atoms with Gasteiger partial charge < -0.3 is 4.74 Å². The summed E-state index contributed by atoms with van der Waals surface area (Å²) in [5, 5.41) is 1.86. The van der Waals surface area contributed by atoms with Gasteiger partial charge in [-0.1, -0.05) is 58.8 Å². The zero-order valence-corrected chi connectivity index (χ0v) is 24.1. The van der Waals surface area contributed by atoms with Crippen LogP contribution in [0.4, 0.5) is 0 Å². The van der Waals surface area contributed by atoms with Gasteiger partial charge in [0.1, 0.15) is 0 Å². The van der Waals surface area contributed by atoms with Gasteiger partial charge in [0.05, 0.1) is 12.2 Å². The van der Waals surface area contributed by atoms with Crippen molar-refractivity contribution >= 4 is 11.8 Å². The van der Waals surface area contributed by atoms with Gasteiger partial charge in [0.15, 0.2) is 0 Å². The lowest BCUT2D eigenvalue weighted by Crippen LogP contribution is -2.68. The fraction of sp³-hybridized carbons (Fsp3) is 1.00. The van der Waals surface area contributed by atoms with Crippen molar-refractivity contribution in [2.24, 2.45) is 40.9 Å². The number of hydrogen-bond donors (Lipinski definition) is 0. The minimum absolute atomic E-state index is 0.557. The predicted molar refractivity (Wildman–Crippen MR) is 150 cm³/mol. The van der Waals surface area contributed by atoms with Gasteiger partial charge >= 0.3 is 0 Å². The first-order valence-corrected chi connectivity index (χ1v) is 17.7. The van der Waals surface area contributed by atoms with E-state index in [1.165, 1.54) is 103 Å². The Morgan fingerprint density at radius 3 is 1.94 bits per heavy atom. The quantitative estimate of drug-likeness (QED) is 0.353. The van der Waals surface area contributed by atoms with Gasteiger partial charge in [0.2, 0.25) is 0 Å². The van der Waals surface area contributed by atoms with Crippen LogP contribution < -0.4 is 0 Å². The Labute approximate surface area is 225 Å². The van der Waals surface area contributed by atoms with Crippen LogP contribution in [0.2, 0.25) is 0 Å². The molecule has 0 aromatic carbocycles. The molecule has 36 heavy (non-hydrogen) atoms. The number of ether oxygens (including phenoxy) is 1. The highest BCUT2D eigenvalue weighted by atomic mass is 32.2. The molecule has 5 saturated carbocycles. The fourth-order valence-corrected chi connectivity index (χ4v) is 15.0. The van der Waals surface area contributed by atoms with Crippen molar-refractivity contribution in [1.29, 1.82) is 0 Å². The van der Waals surface area contributed by atoms with Crippen molar-refractivity contribution < 1.29 is 4.74 Å². The van der Waals surface area contributed by atoms with E-state index in [-0.39, 0.29) is 0 Å². The molecule has 8 aliphatic rings. The molecule has 0 bridgehead atoms. The molecule has 3 heterocycles. The van der Waals surface area contributed by atoms with Crippen molar-refractivity contribution in [3.63, 3.8) is 0 Å². The lowest BCUT2D eigenvalue weighted by molar-refractivity contribution is -0.142. The third-order valence-corrected chi connectivity index (χ3v) is 15.8. The normalized spacial score (nSPS) is 56.0. The van der Waals surface area contributed by atoms with Gasteiger partial charge in [-0.15, -0.1) is 0 Å². The monoisotopic (exact) mass is 511 g/mol. The van der Waals surface area contributed by atoms with E-state index in [1.807, 2.05) is 0 Å². The molecule has 13 unspecified atom stereocenters. The van der Waals surface area contributed by atoms with Gasteiger partial charge in [-0.3, -0.25) is 4.90 Å². The molecule has 0 aromatic heterocycles. The van der Waals surface area contributed by atoms with Gasteiger partial charge in [0.25, 0.3) is 0 Å². The molecule has 3 aliphatic heterocycles. The van der Waals surface area contributed by atoms with Crippen molar-refractivity contribution in [3.8, 4) is 0 Å². The number of nitrogens with zero attached hydrogens (tertiary/aromatic N) is 1. The maximum absolute atomic E-state index is 6.81. The van der Waals surface area contributed by atoms with Gasteiger partial charge in [0, 0.05) is 34.5 Å². The van der Waals surface area contributed by atoms with E-state index in [1.54, 1.807) is 6.42 Å². The molecule has 3 saturated heterocycles. The number of hydrogen-bond acceptors (Lipinski definition) is 3. The molecule has 0 amide bonds. The molecule has 202 valence electrons. The molecule has 0 aromatic rings. The Bertz CT molecular complexity index is 803. The van der Waals surface area contributed by atoms with E-state index in [2.05, 4.69) is 30.5 Å². The van der Waals surface area contributed by atoms with E-state index < -0.39 is 0 Å². The molecule has 3 heteroatoms. The summed E-state index contributed by atoms with van der Waals surface area (Å²) < 4.78 is 6.81. The number of thioether (sulfide) groups is 1. The minimum atomic E-state index is 0.557. The van der Waals surface area contributed by atoms with E-state index in [0.717, 1.165) is 64.1 Å². The van der Waals surface area contributed by atoms with Gasteiger partial charge in [-0.25, -0.2) is 0 Å². The molecule has 13 atom stereocenters. The lowest BCUT2D eigenvalue weighted by atomic mass is 9.54. The summed E-state index contributed by atoms with van der Waals surface area (Å²) in [6.07, 6.45) is 26.4. The van der Waals surface area contributed by atoms with Crippen LogP contribution in [0.1, 0.15) is 123 Å². The first kappa shape index (κ1) is 24.1. The number of piperidine rings is 1. The second-order valence-electron chi connectivity index (χ2n) is 15.4. The Kier molecular flexibility index (Phi) is 6.13. The SMILES string of the molecule is CC1(C)C2CCCCC2N(C2CCCC3C4CCC5OC6CCCCC6C5C4SC32)C2CCCCC21. The first-order chi connectivity index (χ1) is 17.6. The van der Waals surface area contributed by atoms with E-state index in [4.69, 9.17) is 4.74 Å². The van der Waals surface area contributed by atoms with Crippen LogP contribution in [0.15, 0.2) is 0 Å². The summed E-state index contributed by atoms with van der Waals surface area (Å²) in [7, 11) is 0. The third-order valence-electron chi connectivity index (χ3n) is 13.8. The highest BCUT2D eigenvalue weighted by Crippen LogP contribution is 2.64. The van der Waals surface area contributed by atoms with Gasteiger partial charge in [-0.2, -0.15) is 11.8 Å². The third kappa shape index (κ3) is 3.49. The molecule has 5 aliphatic carbocycles. The zero-order chi connectivity index (χ0) is 24.0. The molecular formula is C33H53NOS.